The second-order valence-corrected chi connectivity index (χ2v) is 15.7. The van der Waals surface area contributed by atoms with Gasteiger partial charge in [0.2, 0.25) is 11.7 Å². The number of likely N-dealkylation sites (tertiary alicyclic amines) is 1. The van der Waals surface area contributed by atoms with E-state index in [1.54, 1.807) is 4.90 Å². The van der Waals surface area contributed by atoms with Crippen LogP contribution in [0.2, 0.25) is 0 Å². The van der Waals surface area contributed by atoms with Gasteiger partial charge in [0.15, 0.2) is 0 Å². The molecule has 3 unspecified atom stereocenters. The van der Waals surface area contributed by atoms with Crippen LogP contribution in [-0.2, 0) is 14.6 Å². The molecular weight excluding hydrogens is 655 g/mol. The van der Waals surface area contributed by atoms with Crippen LogP contribution in [0.1, 0.15) is 105 Å². The molecule has 276 valence electrons. The number of hydrogen-bond acceptors (Lipinski definition) is 8. The van der Waals surface area contributed by atoms with Gasteiger partial charge < -0.3 is 31.1 Å². The highest BCUT2D eigenvalue weighted by Gasteiger charge is 2.64. The van der Waals surface area contributed by atoms with E-state index in [9.17, 15) is 23.9 Å². The summed E-state index contributed by atoms with van der Waals surface area (Å²) in [6.07, 6.45) is 9.35. The fraction of sp³-hybridized carbons (Fsp3) is 0.615. The first kappa shape index (κ1) is 35.8. The summed E-state index contributed by atoms with van der Waals surface area (Å²) >= 11 is 0. The summed E-state index contributed by atoms with van der Waals surface area (Å²) in [5.41, 5.74) is 7.13. The van der Waals surface area contributed by atoms with Crippen molar-refractivity contribution in [3.8, 4) is 5.75 Å². The molecule has 5 saturated carbocycles. The van der Waals surface area contributed by atoms with Crippen molar-refractivity contribution in [2.45, 2.75) is 113 Å². The number of benzene rings is 2. The number of rotatable bonds is 11. The molecule has 0 aromatic heterocycles. The van der Waals surface area contributed by atoms with E-state index in [1.165, 1.54) is 24.3 Å². The summed E-state index contributed by atoms with van der Waals surface area (Å²) in [7, 11) is 0. The Morgan fingerprint density at radius 3 is 2.33 bits per heavy atom. The molecule has 6 fully saturated rings. The van der Waals surface area contributed by atoms with Crippen molar-refractivity contribution >= 4 is 17.9 Å². The van der Waals surface area contributed by atoms with E-state index in [4.69, 9.17) is 20.2 Å². The molecule has 0 spiro atoms. The summed E-state index contributed by atoms with van der Waals surface area (Å²) in [6.45, 7) is 1.57. The molecule has 4 atom stereocenters. The summed E-state index contributed by atoms with van der Waals surface area (Å²) in [4.78, 5) is 51.8. The largest absolute Gasteiger partial charge is 0.415 e. The third-order valence-corrected chi connectivity index (χ3v) is 12.0. The predicted molar refractivity (Wildman–Crippen MR) is 186 cm³/mol. The minimum atomic E-state index is -1.38. The molecule has 1 saturated heterocycles. The van der Waals surface area contributed by atoms with Crippen LogP contribution in [0.4, 0.5) is 9.18 Å². The van der Waals surface area contributed by atoms with Gasteiger partial charge in [0, 0.05) is 55.0 Å². The molecule has 0 radical (unpaired) electrons. The number of carbonyl (C=O) groups is 3. The van der Waals surface area contributed by atoms with E-state index in [1.807, 2.05) is 24.3 Å². The molecule has 12 heteroatoms. The molecule has 5 aliphatic carbocycles. The summed E-state index contributed by atoms with van der Waals surface area (Å²) in [5.74, 6) is -1.18. The molecule has 4 bridgehead atoms. The fourth-order valence-corrected chi connectivity index (χ4v) is 9.48. The van der Waals surface area contributed by atoms with Crippen molar-refractivity contribution < 1.29 is 38.4 Å². The second-order valence-electron chi connectivity index (χ2n) is 15.7. The number of halogens is 1. The Balaban J connectivity index is 0.865. The number of carbonyl (C=O) groups excluding carboxylic acids is 3. The van der Waals surface area contributed by atoms with Crippen LogP contribution in [0.15, 0.2) is 48.5 Å². The molecule has 6 aliphatic rings. The van der Waals surface area contributed by atoms with Crippen LogP contribution in [0, 0.1) is 23.6 Å². The van der Waals surface area contributed by atoms with Crippen LogP contribution in [-0.4, -0.2) is 71.0 Å². The maximum Gasteiger partial charge on any atom is 0.415 e. The van der Waals surface area contributed by atoms with E-state index >= 15 is 0 Å². The lowest BCUT2D eigenvalue weighted by Gasteiger charge is -2.62. The molecule has 11 nitrogen and oxygen atoms in total. The Hall–Kier alpha value is -3.58. The number of hydrogen-bond donors (Lipinski definition) is 4. The van der Waals surface area contributed by atoms with E-state index in [0.29, 0.717) is 56.1 Å². The van der Waals surface area contributed by atoms with Crippen LogP contribution < -0.4 is 21.1 Å². The van der Waals surface area contributed by atoms with Gasteiger partial charge in [-0.2, -0.15) is 0 Å². The van der Waals surface area contributed by atoms with Gasteiger partial charge in [-0.1, -0.05) is 18.6 Å². The lowest BCUT2D eigenvalue weighted by molar-refractivity contribution is -0.482. The van der Waals surface area contributed by atoms with E-state index in [-0.39, 0.29) is 59.8 Å². The van der Waals surface area contributed by atoms with Crippen molar-refractivity contribution in [2.75, 3.05) is 19.6 Å². The SMILES string of the molecule is NC1CCN(C(=O)Oc2ccc(C3CCC[C@@H](OOC4(O)C5CC6CC4CC(NC(=O)CCCNC(=O)c4ccc(F)cc4)(C6)C5)C3)cc2)CC1. The van der Waals surface area contributed by atoms with Gasteiger partial charge in [-0.05, 0) is 124 Å². The Kier molecular flexibility index (Phi) is 10.7. The van der Waals surface area contributed by atoms with E-state index < -0.39 is 11.6 Å². The van der Waals surface area contributed by atoms with Gasteiger partial charge in [0.1, 0.15) is 11.6 Å². The Labute approximate surface area is 298 Å². The van der Waals surface area contributed by atoms with Gasteiger partial charge in [-0.3, -0.25) is 9.59 Å². The summed E-state index contributed by atoms with van der Waals surface area (Å²) < 4.78 is 18.8. The standard InChI is InChI=1S/C39H51FN4O7/c40-31-10-6-27(7-11-31)36(46)42-16-2-5-35(45)43-38-22-25-19-29(23-38)39(48,30(20-25)24-38)51-50-34-4-1-3-28(21-34)26-8-12-33(13-9-26)49-37(47)44-17-14-32(41)15-18-44/h6-13,25,28-30,32,34,48H,1-5,14-24,41H2,(H,42,46)(H,43,45)/t25?,28?,29?,30?,34-,38?,39?/m1/s1. The van der Waals surface area contributed by atoms with Crippen molar-refractivity contribution in [2.24, 2.45) is 23.5 Å². The number of ether oxygens (including phenoxy) is 1. The number of aliphatic hydroxyl groups is 1. The predicted octanol–water partition coefficient (Wildman–Crippen LogP) is 5.32. The van der Waals surface area contributed by atoms with Crippen molar-refractivity contribution in [1.82, 2.24) is 15.5 Å². The van der Waals surface area contributed by atoms with Crippen molar-refractivity contribution in [3.63, 3.8) is 0 Å². The zero-order chi connectivity index (χ0) is 35.6. The Bertz CT molecular complexity index is 1530. The highest BCUT2D eigenvalue weighted by molar-refractivity contribution is 5.94. The molecular formula is C39H51FN4O7. The van der Waals surface area contributed by atoms with Crippen LogP contribution in [0.5, 0.6) is 5.75 Å². The minimum Gasteiger partial charge on any atom is -0.410 e. The first-order valence-electron chi connectivity index (χ1n) is 18.8. The maximum absolute atomic E-state index is 13.1. The van der Waals surface area contributed by atoms with Crippen molar-refractivity contribution in [3.05, 3.63) is 65.5 Å². The maximum atomic E-state index is 13.1. The molecule has 5 N–H and O–H groups in total. The summed E-state index contributed by atoms with van der Waals surface area (Å²) in [5, 5.41) is 18.0. The molecule has 8 rings (SSSR count). The number of nitrogens with one attached hydrogen (secondary N) is 2. The number of amides is 3. The average molecular weight is 707 g/mol. The number of nitrogens with zero attached hydrogens (tertiary/aromatic N) is 1. The first-order valence-corrected chi connectivity index (χ1v) is 18.8. The van der Waals surface area contributed by atoms with Gasteiger partial charge in [0.25, 0.3) is 5.91 Å². The normalized spacial score (nSPS) is 31.7. The number of nitrogens with two attached hydrogens (primary N) is 1. The minimum absolute atomic E-state index is 0.0552. The first-order chi connectivity index (χ1) is 24.6. The van der Waals surface area contributed by atoms with Crippen LogP contribution >= 0.6 is 0 Å². The van der Waals surface area contributed by atoms with Crippen LogP contribution in [0.25, 0.3) is 0 Å². The smallest absolute Gasteiger partial charge is 0.410 e. The molecule has 2 aromatic carbocycles. The quantitative estimate of drug-likeness (QED) is 0.106. The van der Waals surface area contributed by atoms with Gasteiger partial charge >= 0.3 is 6.09 Å². The zero-order valence-electron chi connectivity index (χ0n) is 29.2. The second kappa shape index (κ2) is 15.2. The average Bonchev–Trinajstić information content (AvgIpc) is 3.12. The van der Waals surface area contributed by atoms with E-state index in [0.717, 1.165) is 63.4 Å². The lowest BCUT2D eigenvalue weighted by Crippen LogP contribution is -2.69. The molecule has 2 aromatic rings. The molecule has 1 aliphatic heterocycles. The monoisotopic (exact) mass is 706 g/mol. The summed E-state index contributed by atoms with van der Waals surface area (Å²) in [6, 6.07) is 13.2. The molecule has 51 heavy (non-hydrogen) atoms. The zero-order valence-corrected chi connectivity index (χ0v) is 29.2. The number of piperidine rings is 1. The third-order valence-electron chi connectivity index (χ3n) is 12.0. The molecule has 1 heterocycles. The highest BCUT2D eigenvalue weighted by Crippen LogP contribution is 2.60. The van der Waals surface area contributed by atoms with Crippen molar-refractivity contribution in [1.29, 1.82) is 0 Å². The highest BCUT2D eigenvalue weighted by atomic mass is 19.1. The van der Waals surface area contributed by atoms with E-state index in [2.05, 4.69) is 10.6 Å². The van der Waals surface area contributed by atoms with Gasteiger partial charge in [0.05, 0.1) is 6.10 Å². The Morgan fingerprint density at radius 2 is 1.63 bits per heavy atom. The fourth-order valence-electron chi connectivity index (χ4n) is 9.48. The third kappa shape index (κ3) is 8.24. The molecule has 3 amide bonds. The topological polar surface area (TPSA) is 152 Å². The van der Waals surface area contributed by atoms with Crippen LogP contribution in [0.3, 0.4) is 0 Å². The Morgan fingerprint density at radius 1 is 0.922 bits per heavy atom. The van der Waals surface area contributed by atoms with Gasteiger partial charge in [-0.15, -0.1) is 0 Å². The lowest BCUT2D eigenvalue weighted by atomic mass is 9.50. The van der Waals surface area contributed by atoms with Gasteiger partial charge in [-0.25, -0.2) is 19.0 Å².